The Hall–Kier alpha value is -1.84. The summed E-state index contributed by atoms with van der Waals surface area (Å²) in [4.78, 5) is 27.6. The van der Waals surface area contributed by atoms with Crippen LogP contribution in [0.3, 0.4) is 0 Å². The smallest absolute Gasteiger partial charge is 0.419 e. The van der Waals surface area contributed by atoms with Gasteiger partial charge in [0.1, 0.15) is 11.4 Å². The Bertz CT molecular complexity index is 785. The quantitative estimate of drug-likeness (QED) is 0.552. The molecule has 1 fully saturated rings. The first-order valence-corrected chi connectivity index (χ1v) is 9.82. The highest BCUT2D eigenvalue weighted by atomic mass is 79.9. The molecular weight excluding hydrogens is 460 g/mol. The molecule has 2 amide bonds. The molecule has 0 atom stereocenters. The molecule has 0 unspecified atom stereocenters. The van der Waals surface area contributed by atoms with E-state index in [1.165, 1.54) is 9.80 Å². The number of hydrogen-bond donors (Lipinski definition) is 0. The average Bonchev–Trinajstić information content (AvgIpc) is 2.58. The fourth-order valence-electron chi connectivity index (χ4n) is 3.06. The maximum Gasteiger partial charge on any atom is 0.419 e. The lowest BCUT2D eigenvalue weighted by molar-refractivity contribution is -0.140. The van der Waals surface area contributed by atoms with E-state index in [2.05, 4.69) is 15.9 Å². The zero-order valence-electron chi connectivity index (χ0n) is 16.6. The second-order valence-electron chi connectivity index (χ2n) is 7.90. The van der Waals surface area contributed by atoms with Crippen LogP contribution in [-0.2, 0) is 10.9 Å². The van der Waals surface area contributed by atoms with Gasteiger partial charge in [0.15, 0.2) is 0 Å². The summed E-state index contributed by atoms with van der Waals surface area (Å²) in [5.74, 6) is -2.41. The molecule has 2 rings (SSSR count). The monoisotopic (exact) mass is 482 g/mol. The Kier molecular flexibility index (Phi) is 6.86. The highest BCUT2D eigenvalue weighted by Crippen LogP contribution is 2.35. The molecule has 1 aromatic rings. The van der Waals surface area contributed by atoms with Crippen LogP contribution in [0.1, 0.15) is 49.5 Å². The van der Waals surface area contributed by atoms with Gasteiger partial charge in [0.25, 0.3) is 5.91 Å². The standard InChI is InChI=1S/C19H23BrF4N2O3/c1-18(2,3)29-17(28)25(4)11-7-9-26(10-8-11)16(27)14-13(20)6-5-12(15(14)21)19(22,23)24/h5-6,11H,7-10H2,1-4H3. The van der Waals surface area contributed by atoms with E-state index in [9.17, 15) is 27.2 Å². The summed E-state index contributed by atoms with van der Waals surface area (Å²) in [6.07, 6.45) is -4.59. The molecule has 162 valence electrons. The van der Waals surface area contributed by atoms with E-state index in [4.69, 9.17) is 4.74 Å². The van der Waals surface area contributed by atoms with Gasteiger partial charge in [0, 0.05) is 30.7 Å². The Labute approximate surface area is 175 Å². The lowest BCUT2D eigenvalue weighted by Crippen LogP contribution is -2.48. The van der Waals surface area contributed by atoms with Crippen molar-refractivity contribution in [2.24, 2.45) is 0 Å². The van der Waals surface area contributed by atoms with Gasteiger partial charge < -0.3 is 14.5 Å². The highest BCUT2D eigenvalue weighted by molar-refractivity contribution is 9.10. The van der Waals surface area contributed by atoms with Gasteiger partial charge in [-0.05, 0) is 61.7 Å². The van der Waals surface area contributed by atoms with Crippen molar-refractivity contribution in [2.45, 2.75) is 51.4 Å². The minimum Gasteiger partial charge on any atom is -0.444 e. The normalized spacial score (nSPS) is 16.0. The molecule has 0 aliphatic carbocycles. The number of nitrogens with zero attached hydrogens (tertiary/aromatic N) is 2. The Balaban J connectivity index is 2.11. The minimum absolute atomic E-state index is 0.0407. The minimum atomic E-state index is -4.90. The molecule has 0 spiro atoms. The summed E-state index contributed by atoms with van der Waals surface area (Å²) in [6.45, 7) is 5.61. The number of halogens is 5. The molecule has 0 bridgehead atoms. The molecule has 1 aliphatic heterocycles. The van der Waals surface area contributed by atoms with E-state index in [0.717, 1.165) is 6.07 Å². The van der Waals surface area contributed by atoms with Gasteiger partial charge in [-0.3, -0.25) is 4.79 Å². The molecule has 0 saturated carbocycles. The summed E-state index contributed by atoms with van der Waals surface area (Å²) in [5, 5.41) is 0. The van der Waals surface area contributed by atoms with Crippen LogP contribution < -0.4 is 0 Å². The highest BCUT2D eigenvalue weighted by Gasteiger charge is 2.38. The maximum atomic E-state index is 14.4. The third-order valence-electron chi connectivity index (χ3n) is 4.59. The van der Waals surface area contributed by atoms with Crippen molar-refractivity contribution in [3.8, 4) is 0 Å². The van der Waals surface area contributed by atoms with Gasteiger partial charge in [-0.2, -0.15) is 13.2 Å². The summed E-state index contributed by atoms with van der Waals surface area (Å²) >= 11 is 2.97. The lowest BCUT2D eigenvalue weighted by Gasteiger charge is -2.37. The Morgan fingerprint density at radius 2 is 1.72 bits per heavy atom. The summed E-state index contributed by atoms with van der Waals surface area (Å²) in [7, 11) is 1.60. The second-order valence-corrected chi connectivity index (χ2v) is 8.75. The number of benzene rings is 1. The Morgan fingerprint density at radius 1 is 1.17 bits per heavy atom. The van der Waals surface area contributed by atoms with Crippen molar-refractivity contribution in [2.75, 3.05) is 20.1 Å². The van der Waals surface area contributed by atoms with E-state index in [1.54, 1.807) is 27.8 Å². The van der Waals surface area contributed by atoms with Crippen LogP contribution >= 0.6 is 15.9 Å². The predicted molar refractivity (Wildman–Crippen MR) is 102 cm³/mol. The van der Waals surface area contributed by atoms with Crippen LogP contribution in [0.25, 0.3) is 0 Å². The molecule has 1 aliphatic rings. The molecule has 5 nitrogen and oxygen atoms in total. The number of piperidine rings is 1. The first-order valence-electron chi connectivity index (χ1n) is 9.02. The van der Waals surface area contributed by atoms with E-state index in [-0.39, 0.29) is 23.6 Å². The van der Waals surface area contributed by atoms with Crippen molar-refractivity contribution in [3.05, 3.63) is 33.5 Å². The predicted octanol–water partition coefficient (Wildman–Crippen LogP) is 5.08. The number of alkyl halides is 3. The van der Waals surface area contributed by atoms with E-state index in [0.29, 0.717) is 18.9 Å². The van der Waals surface area contributed by atoms with E-state index < -0.39 is 40.7 Å². The van der Waals surface area contributed by atoms with Gasteiger partial charge >= 0.3 is 12.3 Å². The van der Waals surface area contributed by atoms with Crippen LogP contribution in [0.2, 0.25) is 0 Å². The molecule has 29 heavy (non-hydrogen) atoms. The first-order chi connectivity index (χ1) is 13.2. The van der Waals surface area contributed by atoms with Crippen LogP contribution in [0, 0.1) is 5.82 Å². The largest absolute Gasteiger partial charge is 0.444 e. The third-order valence-corrected chi connectivity index (χ3v) is 5.25. The molecule has 10 heteroatoms. The van der Waals surface area contributed by atoms with Crippen molar-refractivity contribution < 1.29 is 31.9 Å². The van der Waals surface area contributed by atoms with Gasteiger partial charge in [-0.25, -0.2) is 9.18 Å². The third kappa shape index (κ3) is 5.61. The van der Waals surface area contributed by atoms with Gasteiger partial charge in [-0.1, -0.05) is 0 Å². The molecular formula is C19H23BrF4N2O3. The number of ether oxygens (including phenoxy) is 1. The van der Waals surface area contributed by atoms with E-state index >= 15 is 0 Å². The lowest BCUT2D eigenvalue weighted by atomic mass is 10.0. The molecule has 0 N–H and O–H groups in total. The number of carbonyl (C=O) groups excluding carboxylic acids is 2. The maximum absolute atomic E-state index is 14.4. The molecule has 0 aromatic heterocycles. The number of likely N-dealkylation sites (tertiary alicyclic amines) is 1. The van der Waals surface area contributed by atoms with Crippen molar-refractivity contribution >= 4 is 27.9 Å². The number of hydrogen-bond acceptors (Lipinski definition) is 3. The average molecular weight is 483 g/mol. The van der Waals surface area contributed by atoms with Gasteiger partial charge in [-0.15, -0.1) is 0 Å². The molecule has 1 heterocycles. The SMILES string of the molecule is CN(C(=O)OC(C)(C)C)C1CCN(C(=O)c2c(Br)ccc(C(F)(F)F)c2F)CC1. The zero-order chi connectivity index (χ0) is 22.1. The van der Waals surface area contributed by atoms with Crippen LogP contribution in [0.15, 0.2) is 16.6 Å². The summed E-state index contributed by atoms with van der Waals surface area (Å²) in [6, 6.07) is 1.42. The Morgan fingerprint density at radius 3 is 2.21 bits per heavy atom. The molecule has 1 aromatic carbocycles. The molecule has 0 radical (unpaired) electrons. The van der Waals surface area contributed by atoms with Crippen LogP contribution in [0.5, 0.6) is 0 Å². The van der Waals surface area contributed by atoms with Crippen LogP contribution in [-0.4, -0.2) is 53.6 Å². The fraction of sp³-hybridized carbons (Fsp3) is 0.579. The van der Waals surface area contributed by atoms with Gasteiger partial charge in [0.2, 0.25) is 0 Å². The zero-order valence-corrected chi connectivity index (χ0v) is 18.2. The molecule has 1 saturated heterocycles. The summed E-state index contributed by atoms with van der Waals surface area (Å²) in [5.41, 5.74) is -2.77. The van der Waals surface area contributed by atoms with Crippen molar-refractivity contribution in [1.29, 1.82) is 0 Å². The van der Waals surface area contributed by atoms with Gasteiger partial charge in [0.05, 0.1) is 11.1 Å². The second kappa shape index (κ2) is 8.49. The van der Waals surface area contributed by atoms with Crippen molar-refractivity contribution in [1.82, 2.24) is 9.80 Å². The van der Waals surface area contributed by atoms with Crippen LogP contribution in [0.4, 0.5) is 22.4 Å². The number of amides is 2. The fourth-order valence-corrected chi connectivity index (χ4v) is 3.54. The number of carbonyl (C=O) groups is 2. The first kappa shape index (κ1) is 23.4. The topological polar surface area (TPSA) is 49.9 Å². The summed E-state index contributed by atoms with van der Waals surface area (Å²) < 4.78 is 58.6. The number of rotatable bonds is 2. The van der Waals surface area contributed by atoms with Crippen molar-refractivity contribution in [3.63, 3.8) is 0 Å². The van der Waals surface area contributed by atoms with E-state index in [1.807, 2.05) is 0 Å².